The van der Waals surface area contributed by atoms with Gasteiger partial charge in [-0.2, -0.15) is 4.99 Å². The van der Waals surface area contributed by atoms with Crippen molar-refractivity contribution in [3.05, 3.63) is 66.0 Å². The van der Waals surface area contributed by atoms with E-state index in [0.29, 0.717) is 56.2 Å². The van der Waals surface area contributed by atoms with E-state index in [1.165, 1.54) is 0 Å². The topological polar surface area (TPSA) is 113 Å². The summed E-state index contributed by atoms with van der Waals surface area (Å²) >= 11 is 5.58. The van der Waals surface area contributed by atoms with Crippen LogP contribution < -0.4 is 24.8 Å². The van der Waals surface area contributed by atoms with Crippen molar-refractivity contribution in [2.75, 3.05) is 50.0 Å². The number of aryl methyl sites for hydroxylation is 2. The quantitative estimate of drug-likeness (QED) is 0.266. The third-order valence-corrected chi connectivity index (χ3v) is 6.70. The second-order valence-electron chi connectivity index (χ2n) is 9.60. The van der Waals surface area contributed by atoms with Crippen LogP contribution in [0.15, 0.2) is 59.6 Å². The largest absolute Gasteiger partial charge is 0.494 e. The Morgan fingerprint density at radius 2 is 1.66 bits per heavy atom. The highest BCUT2D eigenvalue weighted by atomic mass is 32.1. The van der Waals surface area contributed by atoms with Crippen LogP contribution >= 0.6 is 12.2 Å². The molecule has 0 saturated carbocycles. The van der Waals surface area contributed by atoms with Crippen molar-refractivity contribution >= 4 is 40.8 Å². The van der Waals surface area contributed by atoms with Crippen molar-refractivity contribution in [1.82, 2.24) is 19.8 Å². The third-order valence-electron chi connectivity index (χ3n) is 6.50. The first kappa shape index (κ1) is 28.1. The Morgan fingerprint density at radius 3 is 2.34 bits per heavy atom. The third kappa shape index (κ3) is 7.20. The van der Waals surface area contributed by atoms with Gasteiger partial charge in [-0.25, -0.2) is 9.97 Å². The van der Waals surface area contributed by atoms with Gasteiger partial charge in [-0.05, 0) is 75.5 Å². The van der Waals surface area contributed by atoms with Gasteiger partial charge in [0.25, 0.3) is 5.91 Å². The first-order valence-electron chi connectivity index (χ1n) is 13.5. The maximum absolute atomic E-state index is 13.2. The number of carbonyl (C=O) groups excluding carboxylic acids is 1. The normalized spacial score (nSPS) is 16.7. The zero-order valence-corrected chi connectivity index (χ0v) is 24.1. The minimum Gasteiger partial charge on any atom is -0.494 e. The lowest BCUT2D eigenvalue weighted by Crippen LogP contribution is -2.56. The van der Waals surface area contributed by atoms with Crippen molar-refractivity contribution in [1.29, 1.82) is 0 Å². The molecule has 0 aliphatic carbocycles. The number of ether oxygens (including phenoxy) is 3. The predicted molar refractivity (Wildman–Crippen MR) is 161 cm³/mol. The predicted octanol–water partition coefficient (Wildman–Crippen LogP) is 3.64. The molecule has 0 spiro atoms. The van der Waals surface area contributed by atoms with Gasteiger partial charge in [0.1, 0.15) is 12.4 Å². The van der Waals surface area contributed by atoms with Crippen molar-refractivity contribution in [2.45, 2.75) is 26.9 Å². The van der Waals surface area contributed by atoms with Crippen LogP contribution in [0.2, 0.25) is 0 Å². The number of carbonyl (C=O) groups is 1. The summed E-state index contributed by atoms with van der Waals surface area (Å²) in [7, 11) is 0. The Morgan fingerprint density at radius 1 is 1.00 bits per heavy atom. The molecule has 2 aliphatic heterocycles. The van der Waals surface area contributed by atoms with Crippen LogP contribution in [0, 0.1) is 13.8 Å². The second-order valence-corrected chi connectivity index (χ2v) is 9.99. The fourth-order valence-electron chi connectivity index (χ4n) is 4.59. The number of para-hydroxylation sites is 2. The van der Waals surface area contributed by atoms with Gasteiger partial charge in [0.15, 0.2) is 11.5 Å². The number of aromatic nitrogens is 2. The van der Waals surface area contributed by atoms with E-state index >= 15 is 0 Å². The molecule has 41 heavy (non-hydrogen) atoms. The highest BCUT2D eigenvalue weighted by molar-refractivity contribution is 7.80. The Kier molecular flexibility index (Phi) is 8.78. The average Bonchev–Trinajstić information content (AvgIpc) is 2.97. The van der Waals surface area contributed by atoms with E-state index in [0.717, 1.165) is 22.8 Å². The summed E-state index contributed by atoms with van der Waals surface area (Å²) in [5.74, 6) is 2.83. The van der Waals surface area contributed by atoms with Crippen LogP contribution in [0.5, 0.6) is 17.2 Å². The van der Waals surface area contributed by atoms with Crippen LogP contribution in [0.3, 0.4) is 0 Å². The molecular weight excluding hydrogens is 542 g/mol. The number of guanidine groups is 1. The number of nitrogens with zero attached hydrogens (tertiary/aromatic N) is 5. The SMILES string of the molecule is CCOc1ccc(NC(=S)/N=C(/Nc2nc(C)cc(C)n2)N2CCN(C(=O)C3COc4ccccc4O3)CC2)cc1. The maximum atomic E-state index is 13.2. The molecule has 2 aromatic carbocycles. The molecule has 5 rings (SSSR count). The lowest BCUT2D eigenvalue weighted by atomic mass is 10.2. The molecule has 0 radical (unpaired) electrons. The van der Waals surface area contributed by atoms with E-state index in [-0.39, 0.29) is 17.6 Å². The highest BCUT2D eigenvalue weighted by Gasteiger charge is 2.33. The van der Waals surface area contributed by atoms with Crippen LogP contribution in [0.25, 0.3) is 0 Å². The fourth-order valence-corrected chi connectivity index (χ4v) is 4.80. The average molecular weight is 576 g/mol. The Labute approximate surface area is 244 Å². The number of fused-ring (bicyclic) bond motifs is 1. The minimum absolute atomic E-state index is 0.101. The number of aliphatic imine (C=N–C) groups is 1. The molecule has 3 aromatic rings. The van der Waals surface area contributed by atoms with E-state index in [2.05, 4.69) is 25.6 Å². The van der Waals surface area contributed by atoms with Gasteiger partial charge in [0.2, 0.25) is 23.1 Å². The number of benzene rings is 2. The Balaban J connectivity index is 1.27. The minimum atomic E-state index is -0.683. The van der Waals surface area contributed by atoms with Crippen LogP contribution in [-0.4, -0.2) is 82.2 Å². The van der Waals surface area contributed by atoms with Crippen molar-refractivity contribution in [3.8, 4) is 17.2 Å². The number of hydrogen-bond donors (Lipinski definition) is 2. The van der Waals surface area contributed by atoms with Gasteiger partial charge in [0, 0.05) is 43.3 Å². The van der Waals surface area contributed by atoms with Gasteiger partial charge in [-0.15, -0.1) is 0 Å². The molecule has 1 atom stereocenters. The number of nitrogens with one attached hydrogen (secondary N) is 2. The van der Waals surface area contributed by atoms with Crippen LogP contribution in [0.1, 0.15) is 18.3 Å². The molecule has 1 amide bonds. The number of hydrogen-bond acceptors (Lipinski definition) is 7. The van der Waals surface area contributed by atoms with Gasteiger partial charge in [0.05, 0.1) is 6.61 Å². The molecule has 1 unspecified atom stereocenters. The maximum Gasteiger partial charge on any atom is 0.267 e. The van der Waals surface area contributed by atoms with E-state index in [4.69, 9.17) is 26.4 Å². The standard InChI is InChI=1S/C29H33N7O4S/c1-4-38-22-11-9-21(10-12-22)32-29(41)34-28(33-27-30-19(2)17-20(3)31-27)36-15-13-35(14-16-36)26(37)25-18-39-23-7-5-6-8-24(23)40-25/h5-12,17,25H,4,13-16,18H2,1-3H3,(H2,30,31,32,33,34,41). The molecule has 1 fully saturated rings. The van der Waals surface area contributed by atoms with Crippen molar-refractivity contribution < 1.29 is 19.0 Å². The van der Waals surface area contributed by atoms with Crippen molar-refractivity contribution in [2.24, 2.45) is 4.99 Å². The monoisotopic (exact) mass is 575 g/mol. The van der Waals surface area contributed by atoms with E-state index in [1.54, 1.807) is 11.0 Å². The lowest BCUT2D eigenvalue weighted by molar-refractivity contribution is -0.142. The summed E-state index contributed by atoms with van der Waals surface area (Å²) in [5, 5.41) is 6.67. The first-order chi connectivity index (χ1) is 19.9. The summed E-state index contributed by atoms with van der Waals surface area (Å²) in [6.07, 6.45) is -0.683. The summed E-state index contributed by atoms with van der Waals surface area (Å²) < 4.78 is 17.2. The Hall–Kier alpha value is -4.45. The molecule has 12 heteroatoms. The highest BCUT2D eigenvalue weighted by Crippen LogP contribution is 2.31. The lowest BCUT2D eigenvalue weighted by Gasteiger charge is -2.38. The number of thiocarbonyl (C=S) groups is 1. The molecule has 1 aromatic heterocycles. The molecule has 2 aliphatic rings. The van der Waals surface area contributed by atoms with Gasteiger partial charge < -0.3 is 29.3 Å². The molecule has 11 nitrogen and oxygen atoms in total. The summed E-state index contributed by atoms with van der Waals surface area (Å²) in [6, 6.07) is 16.8. The smallest absolute Gasteiger partial charge is 0.267 e. The second kappa shape index (κ2) is 12.8. The number of amides is 1. The number of rotatable bonds is 5. The molecule has 0 bridgehead atoms. The zero-order chi connectivity index (χ0) is 28.8. The van der Waals surface area contributed by atoms with Crippen LogP contribution in [0.4, 0.5) is 11.6 Å². The van der Waals surface area contributed by atoms with Crippen molar-refractivity contribution in [3.63, 3.8) is 0 Å². The van der Waals surface area contributed by atoms with Gasteiger partial charge in [-0.1, -0.05) is 12.1 Å². The first-order valence-corrected chi connectivity index (χ1v) is 13.9. The molecule has 3 heterocycles. The molecule has 2 N–H and O–H groups in total. The molecular formula is C29H33N7O4S. The van der Waals surface area contributed by atoms with E-state index in [9.17, 15) is 4.79 Å². The zero-order valence-electron chi connectivity index (χ0n) is 23.3. The van der Waals surface area contributed by atoms with Gasteiger partial charge >= 0.3 is 0 Å². The Bertz CT molecular complexity index is 1400. The van der Waals surface area contributed by atoms with Crippen LogP contribution in [-0.2, 0) is 4.79 Å². The number of anilines is 2. The summed E-state index contributed by atoms with van der Waals surface area (Å²) in [5.41, 5.74) is 2.46. The van der Waals surface area contributed by atoms with E-state index < -0.39 is 6.10 Å². The van der Waals surface area contributed by atoms with Gasteiger partial charge in [-0.3, -0.25) is 10.1 Å². The summed E-state index contributed by atoms with van der Waals surface area (Å²) in [4.78, 5) is 30.8. The fraction of sp³-hybridized carbons (Fsp3) is 0.345. The molecule has 214 valence electrons. The van der Waals surface area contributed by atoms with E-state index in [1.807, 2.05) is 74.2 Å². The molecule has 1 saturated heterocycles. The summed E-state index contributed by atoms with van der Waals surface area (Å²) in [6.45, 7) is 8.55. The number of piperazine rings is 1.